The van der Waals surface area contributed by atoms with Gasteiger partial charge in [0, 0.05) is 26.0 Å². The number of carbonyl (C=O) groups excluding carboxylic acids is 4. The molecule has 1 fully saturated rings. The minimum absolute atomic E-state index is 0.0835. The van der Waals surface area contributed by atoms with E-state index in [-0.39, 0.29) is 23.1 Å². The van der Waals surface area contributed by atoms with Crippen molar-refractivity contribution >= 4 is 35.5 Å². The van der Waals surface area contributed by atoms with Crippen LogP contribution in [0, 0.1) is 5.92 Å². The molecular formula is C29H28F2N6O11. The molecule has 0 aromatic carbocycles. The predicted octanol–water partition coefficient (Wildman–Crippen LogP) is 2.00. The summed E-state index contributed by atoms with van der Waals surface area (Å²) in [5, 5.41) is 9.95. The van der Waals surface area contributed by atoms with Crippen LogP contribution < -0.4 is 11.0 Å². The van der Waals surface area contributed by atoms with Crippen molar-refractivity contribution in [1.82, 2.24) is 24.5 Å². The SMILES string of the molecule is C=C(C)OC1=CC2OC(=O)C(n3cc(COC(=O)Nc4ccn(C5OC(COC(C)=O)C(OC(C)=O)C5(F)F)c(=O)n4)nn3)=CC2C=C1. The van der Waals surface area contributed by atoms with Gasteiger partial charge < -0.3 is 28.4 Å². The highest BCUT2D eigenvalue weighted by Gasteiger charge is 2.62. The fraction of sp³-hybridized carbons (Fsp3) is 0.379. The number of aromatic nitrogens is 5. The van der Waals surface area contributed by atoms with E-state index < -0.39 is 73.4 Å². The van der Waals surface area contributed by atoms with Gasteiger partial charge in [-0.25, -0.2) is 19.1 Å². The topological polar surface area (TPSA) is 201 Å². The Bertz CT molecular complexity index is 1800. The lowest BCUT2D eigenvalue weighted by Gasteiger charge is -2.28. The minimum atomic E-state index is -3.94. The third kappa shape index (κ3) is 7.46. The van der Waals surface area contributed by atoms with Crippen LogP contribution in [0.3, 0.4) is 0 Å². The maximum absolute atomic E-state index is 15.2. The van der Waals surface area contributed by atoms with E-state index in [1.54, 1.807) is 31.2 Å². The van der Waals surface area contributed by atoms with Crippen LogP contribution in [0.15, 0.2) is 65.7 Å². The lowest BCUT2D eigenvalue weighted by Crippen LogP contribution is -2.44. The number of ether oxygens (including phenoxy) is 6. The van der Waals surface area contributed by atoms with Gasteiger partial charge in [-0.1, -0.05) is 17.9 Å². The molecule has 0 radical (unpaired) electrons. The molecule has 254 valence electrons. The number of esters is 3. The highest BCUT2D eigenvalue weighted by atomic mass is 19.3. The van der Waals surface area contributed by atoms with Crippen molar-refractivity contribution < 1.29 is 56.4 Å². The molecular weight excluding hydrogens is 646 g/mol. The number of amides is 1. The highest BCUT2D eigenvalue weighted by Crippen LogP contribution is 2.44. The molecule has 5 atom stereocenters. The maximum atomic E-state index is 15.2. The second-order valence-corrected chi connectivity index (χ2v) is 10.6. The lowest BCUT2D eigenvalue weighted by atomic mass is 9.93. The first-order valence-corrected chi connectivity index (χ1v) is 14.2. The first-order valence-electron chi connectivity index (χ1n) is 14.2. The number of rotatable bonds is 10. The number of anilines is 1. The normalized spacial score (nSPS) is 23.9. The fourth-order valence-electron chi connectivity index (χ4n) is 4.83. The van der Waals surface area contributed by atoms with Crippen LogP contribution in [0.2, 0.25) is 0 Å². The van der Waals surface area contributed by atoms with Gasteiger partial charge in [-0.15, -0.1) is 5.10 Å². The molecule has 4 heterocycles. The molecule has 0 spiro atoms. The lowest BCUT2D eigenvalue weighted by molar-refractivity contribution is -0.174. The Hall–Kier alpha value is -5.72. The summed E-state index contributed by atoms with van der Waals surface area (Å²) in [7, 11) is 0. The van der Waals surface area contributed by atoms with Crippen LogP contribution in [-0.4, -0.2) is 79.4 Å². The average Bonchev–Trinajstić information content (AvgIpc) is 3.56. The molecule has 5 unspecified atom stereocenters. The van der Waals surface area contributed by atoms with Gasteiger partial charge >= 0.3 is 35.6 Å². The Morgan fingerprint density at radius 3 is 2.58 bits per heavy atom. The van der Waals surface area contributed by atoms with Gasteiger partial charge in [0.25, 0.3) is 0 Å². The van der Waals surface area contributed by atoms with Gasteiger partial charge in [-0.05, 0) is 31.2 Å². The number of alkyl halides is 2. The van der Waals surface area contributed by atoms with E-state index in [2.05, 4.69) is 27.2 Å². The number of hydrogen-bond donors (Lipinski definition) is 1. The number of carbonyl (C=O) groups is 4. The van der Waals surface area contributed by atoms with E-state index in [0.29, 0.717) is 16.1 Å². The number of fused-ring (bicyclic) bond motifs is 1. The van der Waals surface area contributed by atoms with Crippen LogP contribution in [0.4, 0.5) is 19.4 Å². The number of nitrogens with one attached hydrogen (secondary N) is 1. The molecule has 2 aliphatic heterocycles. The molecule has 0 saturated carbocycles. The summed E-state index contributed by atoms with van der Waals surface area (Å²) in [6.45, 7) is 6.23. The Kier molecular flexibility index (Phi) is 9.50. The Morgan fingerprint density at radius 2 is 1.90 bits per heavy atom. The molecule has 2 aromatic rings. The molecule has 3 aliphatic rings. The van der Waals surface area contributed by atoms with Crippen molar-refractivity contribution in [2.24, 2.45) is 5.92 Å². The molecule has 1 aliphatic carbocycles. The van der Waals surface area contributed by atoms with Gasteiger partial charge in [0.05, 0.1) is 12.0 Å². The zero-order valence-electron chi connectivity index (χ0n) is 25.5. The molecule has 5 rings (SSSR count). The zero-order chi connectivity index (χ0) is 34.7. The average molecular weight is 675 g/mol. The molecule has 48 heavy (non-hydrogen) atoms. The van der Waals surface area contributed by atoms with E-state index in [1.807, 2.05) is 0 Å². The summed E-state index contributed by atoms with van der Waals surface area (Å²) in [5.74, 6) is -6.12. The molecule has 1 N–H and O–H groups in total. The van der Waals surface area contributed by atoms with E-state index in [0.717, 1.165) is 30.8 Å². The largest absolute Gasteiger partial charge is 0.463 e. The predicted molar refractivity (Wildman–Crippen MR) is 154 cm³/mol. The molecule has 2 aromatic heterocycles. The van der Waals surface area contributed by atoms with Crippen molar-refractivity contribution in [2.45, 2.75) is 57.8 Å². The summed E-state index contributed by atoms with van der Waals surface area (Å²) >= 11 is 0. The van der Waals surface area contributed by atoms with Crippen molar-refractivity contribution in [3.8, 4) is 0 Å². The number of hydrogen-bond acceptors (Lipinski definition) is 14. The van der Waals surface area contributed by atoms with Crippen molar-refractivity contribution in [3.63, 3.8) is 0 Å². The van der Waals surface area contributed by atoms with Crippen LogP contribution in [0.1, 0.15) is 32.7 Å². The first kappa shape index (κ1) is 33.6. The summed E-state index contributed by atoms with van der Waals surface area (Å²) in [6.07, 6.45) is 1.31. The fourth-order valence-corrected chi connectivity index (χ4v) is 4.83. The summed E-state index contributed by atoms with van der Waals surface area (Å²) < 4.78 is 62.8. The van der Waals surface area contributed by atoms with Crippen molar-refractivity contribution in [1.29, 1.82) is 0 Å². The summed E-state index contributed by atoms with van der Waals surface area (Å²) in [5.41, 5.74) is -1.03. The van der Waals surface area contributed by atoms with E-state index >= 15 is 8.78 Å². The minimum Gasteiger partial charge on any atom is -0.463 e. The third-order valence-electron chi connectivity index (χ3n) is 6.83. The standard InChI is InChI=1S/C29H28F2N6O11/c1-14(2)45-19-6-5-17-9-20(25(40)47-21(17)10-19)37-11-18(34-35-37)12-44-28(42)33-23-7-8-36(27(41)32-23)26-29(30,31)24(46-16(4)39)22(48-26)13-43-15(3)38/h5-11,17,21-22,24,26H,1,12-13H2,2-4H3,(H,32,33,41,42). The second-order valence-electron chi connectivity index (χ2n) is 10.6. The van der Waals surface area contributed by atoms with E-state index in [4.69, 9.17) is 28.4 Å². The highest BCUT2D eigenvalue weighted by molar-refractivity contribution is 6.10. The summed E-state index contributed by atoms with van der Waals surface area (Å²) in [6, 6.07) is 1.02. The van der Waals surface area contributed by atoms with E-state index in [9.17, 15) is 24.0 Å². The Labute approximate surface area is 269 Å². The van der Waals surface area contributed by atoms with Crippen LogP contribution in [0.5, 0.6) is 0 Å². The second kappa shape index (κ2) is 13.6. The smallest absolute Gasteiger partial charge is 0.413 e. The van der Waals surface area contributed by atoms with Crippen LogP contribution >= 0.6 is 0 Å². The van der Waals surface area contributed by atoms with Crippen molar-refractivity contribution in [2.75, 3.05) is 11.9 Å². The van der Waals surface area contributed by atoms with Gasteiger partial charge in [0.15, 0.2) is 6.10 Å². The zero-order valence-corrected chi connectivity index (χ0v) is 25.5. The Morgan fingerprint density at radius 1 is 1.12 bits per heavy atom. The van der Waals surface area contributed by atoms with Gasteiger partial charge in [0.2, 0.25) is 6.23 Å². The molecule has 19 heteroatoms. The molecule has 1 saturated heterocycles. The van der Waals surface area contributed by atoms with Crippen LogP contribution in [0.25, 0.3) is 5.70 Å². The van der Waals surface area contributed by atoms with Crippen LogP contribution in [-0.2, 0) is 49.4 Å². The number of halogens is 2. The Balaban J connectivity index is 1.19. The van der Waals surface area contributed by atoms with Gasteiger partial charge in [-0.2, -0.15) is 13.8 Å². The summed E-state index contributed by atoms with van der Waals surface area (Å²) in [4.78, 5) is 63.9. The maximum Gasteiger partial charge on any atom is 0.413 e. The molecule has 1 amide bonds. The molecule has 0 bridgehead atoms. The van der Waals surface area contributed by atoms with Gasteiger partial charge in [-0.3, -0.25) is 19.5 Å². The third-order valence-corrected chi connectivity index (χ3v) is 6.83. The number of allylic oxidation sites excluding steroid dienone is 2. The first-order chi connectivity index (χ1) is 22.7. The monoisotopic (exact) mass is 674 g/mol. The van der Waals surface area contributed by atoms with E-state index in [1.165, 1.54) is 6.20 Å². The van der Waals surface area contributed by atoms with Crippen molar-refractivity contribution in [3.05, 3.63) is 77.0 Å². The molecule has 17 nitrogen and oxygen atoms in total. The van der Waals surface area contributed by atoms with Gasteiger partial charge in [0.1, 0.15) is 48.4 Å². The number of nitrogens with zero attached hydrogens (tertiary/aromatic N) is 5. The quantitative estimate of drug-likeness (QED) is 0.218.